The van der Waals surface area contributed by atoms with Gasteiger partial charge in [0.2, 0.25) is 6.54 Å². The molecule has 0 aliphatic rings. The molecule has 0 spiro atoms. The molecule has 1 heterocycles. The van der Waals surface area contributed by atoms with E-state index in [9.17, 15) is 4.79 Å². The number of nitrogens with one attached hydrogen (secondary N) is 1. The number of aromatic nitrogens is 1. The Balaban J connectivity index is 0.000000219. The average Bonchev–Trinajstić information content (AvgIpc) is 2.49. The molecular weight excluding hydrogens is 264 g/mol. The predicted octanol–water partition coefficient (Wildman–Crippen LogP) is 2.53. The Bertz CT molecular complexity index is 545. The molecule has 0 saturated carbocycles. The van der Waals surface area contributed by atoms with E-state index in [0.717, 1.165) is 12.0 Å². The van der Waals surface area contributed by atoms with Crippen LogP contribution in [0.1, 0.15) is 11.1 Å². The number of aryl methyl sites for hydroxylation is 2. The van der Waals surface area contributed by atoms with Gasteiger partial charge in [-0.05, 0) is 37.1 Å². The number of benzene rings is 1. The van der Waals surface area contributed by atoms with E-state index in [1.54, 1.807) is 7.11 Å². The molecule has 21 heavy (non-hydrogen) atoms. The zero-order valence-corrected chi connectivity index (χ0v) is 13.1. The van der Waals surface area contributed by atoms with Crippen LogP contribution in [0, 0.1) is 13.8 Å². The summed E-state index contributed by atoms with van der Waals surface area (Å²) in [6.45, 7) is 4.59. The van der Waals surface area contributed by atoms with E-state index in [2.05, 4.69) is 19.2 Å². The van der Waals surface area contributed by atoms with Gasteiger partial charge in [0.1, 0.15) is 5.75 Å². The smallest absolute Gasteiger partial charge is 0.203 e. The Morgan fingerprint density at radius 1 is 1.14 bits per heavy atom. The van der Waals surface area contributed by atoms with Crippen molar-refractivity contribution < 1.29 is 14.1 Å². The summed E-state index contributed by atoms with van der Waals surface area (Å²) in [4.78, 5) is 9.95. The largest absolute Gasteiger partial charge is 0.497 e. The SMILES string of the molecule is CNc1c(C)cc(OC)cc1C.O=CC[n+]1ccccc1. The van der Waals surface area contributed by atoms with Gasteiger partial charge in [-0.3, -0.25) is 4.79 Å². The molecule has 0 amide bonds. The molecule has 1 aromatic carbocycles. The number of nitrogens with zero attached hydrogens (tertiary/aromatic N) is 1. The van der Waals surface area contributed by atoms with Crippen molar-refractivity contribution in [2.24, 2.45) is 0 Å². The van der Waals surface area contributed by atoms with Crippen molar-refractivity contribution in [2.75, 3.05) is 19.5 Å². The maximum atomic E-state index is 9.95. The van der Waals surface area contributed by atoms with Gasteiger partial charge in [0.05, 0.1) is 7.11 Å². The monoisotopic (exact) mass is 287 g/mol. The molecule has 0 bridgehead atoms. The number of hydrogen-bond donors (Lipinski definition) is 1. The summed E-state index contributed by atoms with van der Waals surface area (Å²) in [5, 5.41) is 3.16. The molecule has 1 N–H and O–H groups in total. The van der Waals surface area contributed by atoms with Crippen LogP contribution >= 0.6 is 0 Å². The van der Waals surface area contributed by atoms with Crippen LogP contribution in [0.15, 0.2) is 42.7 Å². The Labute approximate surface area is 126 Å². The van der Waals surface area contributed by atoms with E-state index in [1.807, 2.05) is 54.3 Å². The third-order valence-electron chi connectivity index (χ3n) is 3.05. The molecule has 0 saturated heterocycles. The van der Waals surface area contributed by atoms with Crippen molar-refractivity contribution >= 4 is 12.0 Å². The molecule has 2 aromatic rings. The first-order chi connectivity index (χ1) is 10.1. The quantitative estimate of drug-likeness (QED) is 0.694. The first-order valence-electron chi connectivity index (χ1n) is 6.83. The molecule has 0 radical (unpaired) electrons. The fourth-order valence-electron chi connectivity index (χ4n) is 2.08. The summed E-state index contributed by atoms with van der Waals surface area (Å²) in [6, 6.07) is 9.76. The van der Waals surface area contributed by atoms with E-state index in [0.29, 0.717) is 6.54 Å². The van der Waals surface area contributed by atoms with Crippen LogP contribution in [0.3, 0.4) is 0 Å². The van der Waals surface area contributed by atoms with Crippen molar-refractivity contribution in [3.05, 3.63) is 53.9 Å². The molecule has 0 fully saturated rings. The normalized spacial score (nSPS) is 9.33. The maximum absolute atomic E-state index is 9.95. The van der Waals surface area contributed by atoms with Gasteiger partial charge in [-0.2, -0.15) is 4.57 Å². The molecule has 2 rings (SSSR count). The molecule has 0 aliphatic carbocycles. The van der Waals surface area contributed by atoms with Crippen molar-refractivity contribution in [3.8, 4) is 5.75 Å². The van der Waals surface area contributed by atoms with Crippen LogP contribution in [0.25, 0.3) is 0 Å². The van der Waals surface area contributed by atoms with Crippen LogP contribution in [0.4, 0.5) is 5.69 Å². The summed E-state index contributed by atoms with van der Waals surface area (Å²) >= 11 is 0. The number of anilines is 1. The van der Waals surface area contributed by atoms with Gasteiger partial charge in [-0.1, -0.05) is 6.07 Å². The van der Waals surface area contributed by atoms with Gasteiger partial charge in [0.15, 0.2) is 18.7 Å². The Kier molecular flexibility index (Phi) is 6.95. The fourth-order valence-corrected chi connectivity index (χ4v) is 2.08. The Hall–Kier alpha value is -2.36. The summed E-state index contributed by atoms with van der Waals surface area (Å²) in [6.07, 6.45) is 4.59. The Morgan fingerprint density at radius 2 is 1.71 bits per heavy atom. The molecule has 4 nitrogen and oxygen atoms in total. The molecule has 0 unspecified atom stereocenters. The molecule has 112 valence electrons. The molecular formula is C17H23N2O2+. The summed E-state index contributed by atoms with van der Waals surface area (Å²) in [7, 11) is 3.62. The van der Waals surface area contributed by atoms with Gasteiger partial charge < -0.3 is 10.1 Å². The lowest BCUT2D eigenvalue weighted by molar-refractivity contribution is -0.682. The van der Waals surface area contributed by atoms with Crippen molar-refractivity contribution in [1.29, 1.82) is 0 Å². The molecule has 0 atom stereocenters. The second-order valence-corrected chi connectivity index (χ2v) is 4.63. The second-order valence-electron chi connectivity index (χ2n) is 4.63. The topological polar surface area (TPSA) is 42.2 Å². The van der Waals surface area contributed by atoms with Crippen LogP contribution in [-0.4, -0.2) is 20.4 Å². The van der Waals surface area contributed by atoms with Gasteiger partial charge in [-0.25, -0.2) is 0 Å². The summed E-state index contributed by atoms with van der Waals surface area (Å²) in [5.74, 6) is 0.920. The number of pyridine rings is 1. The lowest BCUT2D eigenvalue weighted by Gasteiger charge is -2.10. The van der Waals surface area contributed by atoms with Crippen LogP contribution < -0.4 is 14.6 Å². The molecule has 0 aliphatic heterocycles. The number of ether oxygens (including phenoxy) is 1. The summed E-state index contributed by atoms with van der Waals surface area (Å²) < 4.78 is 6.96. The fraction of sp³-hybridized carbons (Fsp3) is 0.294. The lowest BCUT2D eigenvalue weighted by atomic mass is 10.1. The molecule has 4 heteroatoms. The van der Waals surface area contributed by atoms with E-state index in [-0.39, 0.29) is 0 Å². The number of carbonyl (C=O) groups is 1. The van der Waals surface area contributed by atoms with E-state index >= 15 is 0 Å². The minimum Gasteiger partial charge on any atom is -0.497 e. The maximum Gasteiger partial charge on any atom is 0.203 e. The van der Waals surface area contributed by atoms with Crippen molar-refractivity contribution in [1.82, 2.24) is 0 Å². The van der Waals surface area contributed by atoms with Crippen LogP contribution in [0.2, 0.25) is 0 Å². The second kappa shape index (κ2) is 8.74. The van der Waals surface area contributed by atoms with Crippen LogP contribution in [-0.2, 0) is 11.3 Å². The highest BCUT2D eigenvalue weighted by molar-refractivity contribution is 5.59. The number of hydrogen-bond acceptors (Lipinski definition) is 3. The van der Waals surface area contributed by atoms with Gasteiger partial charge in [-0.15, -0.1) is 0 Å². The third-order valence-corrected chi connectivity index (χ3v) is 3.05. The number of rotatable bonds is 4. The van der Waals surface area contributed by atoms with Gasteiger partial charge >= 0.3 is 0 Å². The van der Waals surface area contributed by atoms with Crippen LogP contribution in [0.5, 0.6) is 5.75 Å². The highest BCUT2D eigenvalue weighted by Crippen LogP contribution is 2.25. The number of aldehydes is 1. The zero-order valence-electron chi connectivity index (χ0n) is 13.1. The lowest BCUT2D eigenvalue weighted by Crippen LogP contribution is -2.32. The Morgan fingerprint density at radius 3 is 2.14 bits per heavy atom. The standard InChI is InChI=1S/C10H15NO.C7H8NO/c1-7-5-9(12-4)6-8(2)10(7)11-3;9-7-6-8-4-2-1-3-5-8/h5-6,11H,1-4H3;1-5,7H,6H2/q;+1. The van der Waals surface area contributed by atoms with Crippen molar-refractivity contribution in [2.45, 2.75) is 20.4 Å². The van der Waals surface area contributed by atoms with Gasteiger partial charge in [0, 0.05) is 24.9 Å². The first-order valence-corrected chi connectivity index (χ1v) is 6.83. The van der Waals surface area contributed by atoms with E-state index in [4.69, 9.17) is 4.74 Å². The zero-order chi connectivity index (χ0) is 15.7. The average molecular weight is 287 g/mol. The highest BCUT2D eigenvalue weighted by Gasteiger charge is 2.02. The van der Waals surface area contributed by atoms with Gasteiger partial charge in [0.25, 0.3) is 0 Å². The highest BCUT2D eigenvalue weighted by atomic mass is 16.5. The third kappa shape index (κ3) is 5.26. The van der Waals surface area contributed by atoms with E-state index < -0.39 is 0 Å². The summed E-state index contributed by atoms with van der Waals surface area (Å²) in [5.41, 5.74) is 3.62. The van der Waals surface area contributed by atoms with E-state index in [1.165, 1.54) is 16.8 Å². The minimum absolute atomic E-state index is 0.445. The number of methoxy groups -OCH3 is 1. The van der Waals surface area contributed by atoms with Crippen molar-refractivity contribution in [3.63, 3.8) is 0 Å². The number of carbonyl (C=O) groups excluding carboxylic acids is 1. The predicted molar refractivity (Wildman–Crippen MR) is 84.7 cm³/mol. The minimum atomic E-state index is 0.445. The first kappa shape index (κ1) is 16.7. The molecule has 1 aromatic heterocycles.